The van der Waals surface area contributed by atoms with Gasteiger partial charge in [0, 0.05) is 10.7 Å². The van der Waals surface area contributed by atoms with Gasteiger partial charge in [-0.2, -0.15) is 0 Å². The fourth-order valence-corrected chi connectivity index (χ4v) is 3.90. The summed E-state index contributed by atoms with van der Waals surface area (Å²) < 4.78 is 42.1. The molecule has 0 aliphatic carbocycles. The van der Waals surface area contributed by atoms with Gasteiger partial charge >= 0.3 is 0 Å². The summed E-state index contributed by atoms with van der Waals surface area (Å²) in [4.78, 5) is 8.90. The lowest BCUT2D eigenvalue weighted by molar-refractivity contribution is 0.601. The summed E-state index contributed by atoms with van der Waals surface area (Å²) in [6, 6.07) is 17.4. The molecule has 0 saturated heterocycles. The van der Waals surface area contributed by atoms with Crippen LogP contribution in [0.5, 0.6) is 0 Å². The topological polar surface area (TPSA) is 84.0 Å². The molecule has 0 atom stereocenters. The lowest BCUT2D eigenvalue weighted by Crippen LogP contribution is -2.16. The quantitative estimate of drug-likeness (QED) is 0.439. The van der Waals surface area contributed by atoms with E-state index in [1.54, 1.807) is 43.3 Å². The van der Waals surface area contributed by atoms with Gasteiger partial charge in [0.25, 0.3) is 10.0 Å². The van der Waals surface area contributed by atoms with Crippen LogP contribution in [0.15, 0.2) is 71.6 Å². The number of sulfonamides is 1. The van der Waals surface area contributed by atoms with Gasteiger partial charge in [-0.05, 0) is 61.0 Å². The Morgan fingerprint density at radius 3 is 2.17 bits per heavy atom. The summed E-state index contributed by atoms with van der Waals surface area (Å²) in [6.45, 7) is 1.65. The van der Waals surface area contributed by atoms with Gasteiger partial charge in [0.2, 0.25) is 0 Å². The van der Waals surface area contributed by atoms with Crippen molar-refractivity contribution in [3.8, 4) is 0 Å². The highest BCUT2D eigenvalue weighted by Crippen LogP contribution is 2.28. The number of anilines is 3. The first kappa shape index (κ1) is 20.1. The summed E-state index contributed by atoms with van der Waals surface area (Å²) in [5.41, 5.74) is 1.97. The van der Waals surface area contributed by atoms with E-state index in [1.165, 1.54) is 30.3 Å². The first-order valence-corrected chi connectivity index (χ1v) is 10.8. The number of hydrogen-bond acceptors (Lipinski definition) is 5. The van der Waals surface area contributed by atoms with Crippen molar-refractivity contribution in [2.75, 3.05) is 10.0 Å². The number of nitrogens with one attached hydrogen (secondary N) is 2. The van der Waals surface area contributed by atoms with Gasteiger partial charge in [0.15, 0.2) is 11.6 Å². The largest absolute Gasteiger partial charge is 0.337 e. The summed E-state index contributed by atoms with van der Waals surface area (Å²) >= 11 is 5.85. The van der Waals surface area contributed by atoms with Gasteiger partial charge in [-0.15, -0.1) is 0 Å². The van der Waals surface area contributed by atoms with E-state index >= 15 is 0 Å². The first-order valence-electron chi connectivity index (χ1n) is 8.90. The second-order valence-electron chi connectivity index (χ2n) is 6.56. The van der Waals surface area contributed by atoms with Gasteiger partial charge in [-0.3, -0.25) is 4.72 Å². The van der Waals surface area contributed by atoms with Crippen LogP contribution in [-0.4, -0.2) is 18.4 Å². The van der Waals surface area contributed by atoms with Crippen molar-refractivity contribution < 1.29 is 12.8 Å². The van der Waals surface area contributed by atoms with E-state index in [-0.39, 0.29) is 16.5 Å². The third-order valence-electron chi connectivity index (χ3n) is 4.36. The Kier molecular flexibility index (Phi) is 5.27. The van der Waals surface area contributed by atoms with E-state index in [9.17, 15) is 12.8 Å². The Balaban J connectivity index is 1.78. The third-order valence-corrected chi connectivity index (χ3v) is 5.97. The number of benzene rings is 3. The van der Waals surface area contributed by atoms with Crippen LogP contribution in [0.3, 0.4) is 0 Å². The highest BCUT2D eigenvalue weighted by atomic mass is 35.5. The summed E-state index contributed by atoms with van der Waals surface area (Å²) in [5.74, 6) is -0.254. The molecule has 0 aliphatic heterocycles. The third kappa shape index (κ3) is 4.19. The van der Waals surface area contributed by atoms with E-state index in [2.05, 4.69) is 20.0 Å². The Hall–Kier alpha value is -3.23. The predicted octanol–water partition coefficient (Wildman–Crippen LogP) is 5.28. The molecule has 152 valence electrons. The molecule has 6 nitrogen and oxygen atoms in total. The van der Waals surface area contributed by atoms with Crippen molar-refractivity contribution in [3.63, 3.8) is 0 Å². The second kappa shape index (κ2) is 7.89. The van der Waals surface area contributed by atoms with Crippen molar-refractivity contribution in [3.05, 3.63) is 83.1 Å². The SMILES string of the molecule is Cc1ccc(Nc2nc3ccccc3nc2NS(=O)(=O)c2ccc(Cl)cc2)cc1F. The zero-order chi connectivity index (χ0) is 21.3. The normalized spacial score (nSPS) is 11.4. The molecule has 0 saturated carbocycles. The average Bonchev–Trinajstić information content (AvgIpc) is 2.71. The molecule has 2 N–H and O–H groups in total. The molecule has 0 unspecified atom stereocenters. The molecule has 1 heterocycles. The minimum atomic E-state index is -3.95. The molecule has 3 aromatic carbocycles. The number of aromatic nitrogens is 2. The lowest BCUT2D eigenvalue weighted by Gasteiger charge is -2.14. The van der Waals surface area contributed by atoms with Crippen molar-refractivity contribution in [1.82, 2.24) is 9.97 Å². The lowest BCUT2D eigenvalue weighted by atomic mass is 10.2. The van der Waals surface area contributed by atoms with E-state index in [4.69, 9.17) is 11.6 Å². The van der Waals surface area contributed by atoms with Gasteiger partial charge in [0.1, 0.15) is 5.82 Å². The first-order chi connectivity index (χ1) is 14.3. The molecule has 4 aromatic rings. The molecule has 0 fully saturated rings. The molecule has 0 bridgehead atoms. The van der Waals surface area contributed by atoms with Crippen molar-refractivity contribution in [2.45, 2.75) is 11.8 Å². The van der Waals surface area contributed by atoms with Crippen LogP contribution in [0.2, 0.25) is 5.02 Å². The summed E-state index contributed by atoms with van der Waals surface area (Å²) in [6.07, 6.45) is 0. The predicted molar refractivity (Wildman–Crippen MR) is 116 cm³/mol. The van der Waals surface area contributed by atoms with Crippen LogP contribution in [0.1, 0.15) is 5.56 Å². The number of halogens is 2. The maximum Gasteiger partial charge on any atom is 0.263 e. The fraction of sp³-hybridized carbons (Fsp3) is 0.0476. The smallest absolute Gasteiger partial charge is 0.263 e. The van der Waals surface area contributed by atoms with Crippen LogP contribution < -0.4 is 10.0 Å². The molecule has 0 aliphatic rings. The number of hydrogen-bond donors (Lipinski definition) is 2. The van der Waals surface area contributed by atoms with E-state index in [0.717, 1.165) is 0 Å². The molecule has 30 heavy (non-hydrogen) atoms. The minimum Gasteiger partial charge on any atom is -0.337 e. The molecular formula is C21H16ClFN4O2S. The molecule has 4 rings (SSSR count). The van der Waals surface area contributed by atoms with Crippen molar-refractivity contribution in [2.24, 2.45) is 0 Å². The maximum atomic E-state index is 14.0. The minimum absolute atomic E-state index is 0.00960. The Morgan fingerprint density at radius 2 is 1.53 bits per heavy atom. The second-order valence-corrected chi connectivity index (χ2v) is 8.68. The van der Waals surface area contributed by atoms with E-state index in [0.29, 0.717) is 27.3 Å². The molecule has 0 radical (unpaired) electrons. The number of nitrogens with zero attached hydrogens (tertiary/aromatic N) is 2. The van der Waals surface area contributed by atoms with Gasteiger partial charge in [0.05, 0.1) is 15.9 Å². The highest BCUT2D eigenvalue weighted by molar-refractivity contribution is 7.92. The van der Waals surface area contributed by atoms with Crippen LogP contribution in [0, 0.1) is 12.7 Å². The van der Waals surface area contributed by atoms with E-state index < -0.39 is 15.8 Å². The summed E-state index contributed by atoms with van der Waals surface area (Å²) in [7, 11) is -3.95. The van der Waals surface area contributed by atoms with Crippen molar-refractivity contribution >= 4 is 50.0 Å². The zero-order valence-corrected chi connectivity index (χ0v) is 17.3. The van der Waals surface area contributed by atoms with Crippen LogP contribution in [-0.2, 0) is 10.0 Å². The number of para-hydroxylation sites is 2. The number of aryl methyl sites for hydroxylation is 1. The zero-order valence-electron chi connectivity index (χ0n) is 15.7. The fourth-order valence-electron chi connectivity index (χ4n) is 2.77. The molecule has 0 spiro atoms. The maximum absolute atomic E-state index is 14.0. The number of rotatable bonds is 5. The highest BCUT2D eigenvalue weighted by Gasteiger charge is 2.19. The molecule has 0 amide bonds. The average molecular weight is 443 g/mol. The Bertz CT molecular complexity index is 1350. The standard InChI is InChI=1S/C21H16ClFN4O2S/c1-13-6-9-15(12-17(13)23)24-20-21(26-19-5-3-2-4-18(19)25-20)27-30(28,29)16-10-7-14(22)8-11-16/h2-12H,1H3,(H,24,25)(H,26,27). The molecular weight excluding hydrogens is 427 g/mol. The Labute approximate surface area is 177 Å². The van der Waals surface area contributed by atoms with Gasteiger partial charge in [-0.1, -0.05) is 29.8 Å². The summed E-state index contributed by atoms with van der Waals surface area (Å²) in [5, 5.41) is 3.37. The van der Waals surface area contributed by atoms with Crippen LogP contribution >= 0.6 is 11.6 Å². The van der Waals surface area contributed by atoms with Gasteiger partial charge < -0.3 is 5.32 Å². The molecule has 1 aromatic heterocycles. The van der Waals surface area contributed by atoms with Crippen LogP contribution in [0.4, 0.5) is 21.7 Å². The van der Waals surface area contributed by atoms with Gasteiger partial charge in [-0.25, -0.2) is 22.8 Å². The monoisotopic (exact) mass is 442 g/mol. The number of fused-ring (bicyclic) bond motifs is 1. The molecule has 9 heteroatoms. The van der Waals surface area contributed by atoms with E-state index in [1.807, 2.05) is 0 Å². The van der Waals surface area contributed by atoms with Crippen molar-refractivity contribution in [1.29, 1.82) is 0 Å². The Morgan fingerprint density at radius 1 is 0.900 bits per heavy atom. The van der Waals surface area contributed by atoms with Crippen LogP contribution in [0.25, 0.3) is 11.0 Å².